The monoisotopic (exact) mass is 453 g/mol. The highest BCUT2D eigenvalue weighted by molar-refractivity contribution is 5.76. The van der Waals surface area contributed by atoms with Crippen molar-refractivity contribution in [1.82, 2.24) is 19.5 Å². The molecule has 5 atom stereocenters. The van der Waals surface area contributed by atoms with Crippen molar-refractivity contribution in [2.75, 3.05) is 23.8 Å². The summed E-state index contributed by atoms with van der Waals surface area (Å²) in [6.45, 7) is 0.662. The van der Waals surface area contributed by atoms with Crippen molar-refractivity contribution in [3.63, 3.8) is 0 Å². The Morgan fingerprint density at radius 2 is 2.00 bits per heavy atom. The Labute approximate surface area is 188 Å². The first-order valence-corrected chi connectivity index (χ1v) is 9.96. The second kappa shape index (κ2) is 8.55. The van der Waals surface area contributed by atoms with Crippen LogP contribution in [-0.4, -0.2) is 50.0 Å². The molecule has 32 heavy (non-hydrogen) atoms. The van der Waals surface area contributed by atoms with Crippen LogP contribution in [0.5, 0.6) is 0 Å². The Balaban J connectivity index is 1.54. The first-order chi connectivity index (χ1) is 17.4. The number of nitrogens with zero attached hydrogens (tertiary/aromatic N) is 4. The molecule has 1 saturated carbocycles. The van der Waals surface area contributed by atoms with E-state index >= 15 is 0 Å². The number of rotatable bonds is 5. The third-order valence-electron chi connectivity index (χ3n) is 5.21. The van der Waals surface area contributed by atoms with E-state index in [-0.39, 0.29) is 42.1 Å². The summed E-state index contributed by atoms with van der Waals surface area (Å²) in [6.07, 6.45) is -5.96. The van der Waals surface area contributed by atoms with Crippen LogP contribution in [0.2, 0.25) is 0 Å². The molecule has 2 aliphatic rings. The molecule has 11 heteroatoms. The topological polar surface area (TPSA) is 97.1 Å². The Hall–Kier alpha value is -2.92. The summed E-state index contributed by atoms with van der Waals surface area (Å²) in [4.78, 5) is 12.8. The Morgan fingerprint density at radius 1 is 1.19 bits per heavy atom. The predicted octanol–water partition coefficient (Wildman–Crippen LogP) is 3.66. The Kier molecular flexibility index (Phi) is 4.22. The maximum Gasteiger partial charge on any atom is 0.224 e. The SMILES string of the molecule is [2H]C1CC([2H])(Nc2ncc3nc(Nc4c(F)cc(F)cc4F)n(C4CCOC4)c3n2)C([2H])C([2H])([2H])C1O. The number of nitrogens with one attached hydrogen (secondary N) is 2. The molecular weight excluding hydrogens is 425 g/mol. The lowest BCUT2D eigenvalue weighted by atomic mass is 9.93. The Bertz CT molecular complexity index is 1320. The van der Waals surface area contributed by atoms with E-state index in [0.29, 0.717) is 25.2 Å². The number of anilines is 3. The van der Waals surface area contributed by atoms with E-state index in [0.717, 1.165) is 0 Å². The van der Waals surface area contributed by atoms with Crippen molar-refractivity contribution in [2.45, 2.75) is 50.2 Å². The summed E-state index contributed by atoms with van der Waals surface area (Å²) in [5.74, 6) is -3.58. The zero-order valence-electron chi connectivity index (χ0n) is 21.6. The molecular formula is C21H23F3N6O2. The van der Waals surface area contributed by atoms with Gasteiger partial charge in [-0.05, 0) is 32.0 Å². The zero-order chi connectivity index (χ0) is 26.7. The molecule has 3 heterocycles. The van der Waals surface area contributed by atoms with E-state index in [1.54, 1.807) is 4.57 Å². The molecule has 3 aromatic rings. The van der Waals surface area contributed by atoms with Crippen molar-refractivity contribution >= 4 is 28.7 Å². The lowest BCUT2D eigenvalue weighted by Gasteiger charge is -2.26. The van der Waals surface area contributed by atoms with E-state index in [1.165, 1.54) is 6.20 Å². The van der Waals surface area contributed by atoms with Gasteiger partial charge in [-0.3, -0.25) is 4.57 Å². The first-order valence-electron chi connectivity index (χ1n) is 12.6. The standard InChI is InChI=1S/C21H23F3N6O2/c22-11-7-15(23)18(16(24)8-11)28-21-27-17-9-25-20(26-12-1-3-14(31)4-2-12)29-19(17)30(21)13-5-6-32-10-13/h7-9,12-14,31H,1-6,10H2,(H,27,28)(H,25,26,29)/i1D,3D2,4D,12D. The molecule has 2 aromatic heterocycles. The largest absolute Gasteiger partial charge is 0.393 e. The zero-order valence-corrected chi connectivity index (χ0v) is 16.6. The van der Waals surface area contributed by atoms with Crippen LogP contribution in [0.4, 0.5) is 30.8 Å². The lowest BCUT2D eigenvalue weighted by molar-refractivity contribution is 0.126. The summed E-state index contributed by atoms with van der Waals surface area (Å²) < 4.78 is 90.0. The van der Waals surface area contributed by atoms with Crippen LogP contribution in [0.1, 0.15) is 44.9 Å². The van der Waals surface area contributed by atoms with Gasteiger partial charge in [0.15, 0.2) is 17.3 Å². The fourth-order valence-electron chi connectivity index (χ4n) is 3.67. The minimum absolute atomic E-state index is 0.0105. The third-order valence-corrected chi connectivity index (χ3v) is 5.21. The fourth-order valence-corrected chi connectivity index (χ4v) is 3.67. The van der Waals surface area contributed by atoms with Gasteiger partial charge in [0.05, 0.1) is 26.3 Å². The van der Waals surface area contributed by atoms with Gasteiger partial charge in [0, 0.05) is 30.2 Å². The molecule has 1 saturated heterocycles. The van der Waals surface area contributed by atoms with Crippen molar-refractivity contribution < 1.29 is 29.9 Å². The van der Waals surface area contributed by atoms with E-state index in [2.05, 4.69) is 25.6 Å². The molecule has 1 aromatic carbocycles. The molecule has 1 aliphatic carbocycles. The molecule has 8 nitrogen and oxygen atoms in total. The minimum atomic E-state index is -2.53. The number of hydrogen-bond donors (Lipinski definition) is 3. The van der Waals surface area contributed by atoms with E-state index in [4.69, 9.17) is 11.6 Å². The molecule has 5 rings (SSSR count). The van der Waals surface area contributed by atoms with Crippen molar-refractivity contribution in [2.24, 2.45) is 0 Å². The molecule has 1 aliphatic heterocycles. The average molecular weight is 453 g/mol. The predicted molar refractivity (Wildman–Crippen MR) is 111 cm³/mol. The summed E-state index contributed by atoms with van der Waals surface area (Å²) in [6, 6.07) is -1.31. The first kappa shape index (κ1) is 15.8. The summed E-state index contributed by atoms with van der Waals surface area (Å²) in [7, 11) is 0. The third kappa shape index (κ3) is 4.09. The van der Waals surface area contributed by atoms with Gasteiger partial charge in [-0.25, -0.2) is 23.1 Å². The van der Waals surface area contributed by atoms with Crippen LogP contribution in [0.15, 0.2) is 18.3 Å². The van der Waals surface area contributed by atoms with Gasteiger partial charge >= 0.3 is 0 Å². The Morgan fingerprint density at radius 3 is 2.75 bits per heavy atom. The van der Waals surface area contributed by atoms with E-state index in [9.17, 15) is 18.3 Å². The van der Waals surface area contributed by atoms with Crippen LogP contribution in [-0.2, 0) is 4.74 Å². The normalized spacial score (nSPS) is 34.3. The highest BCUT2D eigenvalue weighted by Crippen LogP contribution is 2.32. The number of imidazole rings is 1. The summed E-state index contributed by atoms with van der Waals surface area (Å²) >= 11 is 0. The number of aliphatic hydroxyl groups is 1. The molecule has 0 radical (unpaired) electrons. The molecule has 170 valence electrons. The van der Waals surface area contributed by atoms with Gasteiger partial charge in [-0.15, -0.1) is 0 Å². The number of fused-ring (bicyclic) bond motifs is 1. The van der Waals surface area contributed by atoms with Gasteiger partial charge in [0.2, 0.25) is 11.9 Å². The lowest BCUT2D eigenvalue weighted by Crippen LogP contribution is -2.29. The van der Waals surface area contributed by atoms with Crippen LogP contribution < -0.4 is 10.6 Å². The number of aliphatic hydroxyl groups excluding tert-OH is 1. The maximum atomic E-state index is 14.3. The van der Waals surface area contributed by atoms with Gasteiger partial charge < -0.3 is 20.5 Å². The van der Waals surface area contributed by atoms with Gasteiger partial charge in [0.25, 0.3) is 0 Å². The van der Waals surface area contributed by atoms with Crippen LogP contribution in [0.3, 0.4) is 0 Å². The molecule has 0 spiro atoms. The van der Waals surface area contributed by atoms with Crippen molar-refractivity contribution in [3.8, 4) is 0 Å². The molecule has 3 N–H and O–H groups in total. The van der Waals surface area contributed by atoms with E-state index in [1.807, 2.05) is 0 Å². The van der Waals surface area contributed by atoms with Gasteiger partial charge in [-0.2, -0.15) is 4.98 Å². The summed E-state index contributed by atoms with van der Waals surface area (Å²) in [5.41, 5.74) is -0.197. The van der Waals surface area contributed by atoms with E-state index < -0.39 is 54.4 Å². The smallest absolute Gasteiger partial charge is 0.224 e. The highest BCUT2D eigenvalue weighted by atomic mass is 19.1. The number of halogens is 3. The van der Waals surface area contributed by atoms with Crippen LogP contribution in [0, 0.1) is 17.5 Å². The van der Waals surface area contributed by atoms with Crippen molar-refractivity contribution in [1.29, 1.82) is 0 Å². The van der Waals surface area contributed by atoms with Crippen molar-refractivity contribution in [3.05, 3.63) is 35.8 Å². The fraction of sp³-hybridized carbons (Fsp3) is 0.476. The quantitative estimate of drug-likeness (QED) is 0.542. The number of aromatic nitrogens is 4. The van der Waals surface area contributed by atoms with Crippen LogP contribution in [0.25, 0.3) is 11.2 Å². The maximum absolute atomic E-state index is 14.3. The molecule has 0 amide bonds. The molecule has 2 fully saturated rings. The van der Waals surface area contributed by atoms with Gasteiger partial charge in [-0.1, -0.05) is 0 Å². The number of hydrogen-bond acceptors (Lipinski definition) is 7. The van der Waals surface area contributed by atoms with Gasteiger partial charge in [0.1, 0.15) is 17.0 Å². The highest BCUT2D eigenvalue weighted by Gasteiger charge is 2.27. The number of ether oxygens (including phenoxy) is 1. The average Bonchev–Trinajstić information content (AvgIpc) is 3.46. The number of benzene rings is 1. The molecule has 0 bridgehead atoms. The second-order valence-corrected chi connectivity index (χ2v) is 7.44. The summed E-state index contributed by atoms with van der Waals surface area (Å²) in [5, 5.41) is 15.2. The minimum Gasteiger partial charge on any atom is -0.393 e. The van der Waals surface area contributed by atoms with Crippen LogP contribution >= 0.6 is 0 Å². The second-order valence-electron chi connectivity index (χ2n) is 7.44. The molecule has 5 unspecified atom stereocenters.